The van der Waals surface area contributed by atoms with E-state index in [1.165, 1.54) is 18.2 Å². The van der Waals surface area contributed by atoms with Gasteiger partial charge in [0, 0.05) is 5.69 Å². The average Bonchev–Trinajstić information content (AvgIpc) is 2.59. The summed E-state index contributed by atoms with van der Waals surface area (Å²) >= 11 is 0. The molecule has 0 aliphatic heterocycles. The molecule has 0 aromatic heterocycles. The maximum Gasteiger partial charge on any atom is 0.338 e. The Bertz CT molecular complexity index is 773. The van der Waals surface area contributed by atoms with Gasteiger partial charge in [0.25, 0.3) is 5.91 Å². The van der Waals surface area contributed by atoms with Crippen molar-refractivity contribution in [1.82, 2.24) is 0 Å². The fourth-order valence-electron chi connectivity index (χ4n) is 2.70. The molecule has 1 amide bonds. The van der Waals surface area contributed by atoms with Crippen LogP contribution in [0.3, 0.4) is 0 Å². The van der Waals surface area contributed by atoms with Gasteiger partial charge in [0.1, 0.15) is 5.82 Å². The van der Waals surface area contributed by atoms with E-state index in [-0.39, 0.29) is 17.4 Å². The number of amides is 1. The van der Waals surface area contributed by atoms with Crippen molar-refractivity contribution in [1.29, 1.82) is 0 Å². The summed E-state index contributed by atoms with van der Waals surface area (Å²) in [7, 11) is 0. The van der Waals surface area contributed by atoms with Crippen LogP contribution in [-0.2, 0) is 9.53 Å². The zero-order chi connectivity index (χ0) is 19.3. The minimum absolute atomic E-state index is 0.0725. The van der Waals surface area contributed by atoms with Crippen LogP contribution in [0.25, 0.3) is 0 Å². The number of nitrogens with one attached hydrogen (secondary N) is 1. The predicted octanol–water partition coefficient (Wildman–Crippen LogP) is 4.87. The number of benzene rings is 2. The lowest BCUT2D eigenvalue weighted by molar-refractivity contribution is -0.119. The fourth-order valence-corrected chi connectivity index (χ4v) is 2.70. The second-order valence-electron chi connectivity index (χ2n) is 6.76. The Morgan fingerprint density at radius 2 is 1.58 bits per heavy atom. The minimum atomic E-state index is -0.735. The number of carbonyl (C=O) groups is 2. The smallest absolute Gasteiger partial charge is 0.338 e. The molecule has 0 radical (unpaired) electrons. The second-order valence-corrected chi connectivity index (χ2v) is 6.76. The molecule has 0 saturated heterocycles. The number of para-hydroxylation sites is 1. The van der Waals surface area contributed by atoms with Gasteiger partial charge in [-0.15, -0.1) is 0 Å². The Morgan fingerprint density at radius 1 is 1.00 bits per heavy atom. The quantitative estimate of drug-likeness (QED) is 0.751. The summed E-state index contributed by atoms with van der Waals surface area (Å²) in [5.74, 6) is -1.22. The number of anilines is 1. The molecule has 0 spiro atoms. The monoisotopic (exact) mass is 357 g/mol. The first kappa shape index (κ1) is 19.6. The lowest BCUT2D eigenvalue weighted by Gasteiger charge is -2.20. The molecule has 0 bridgehead atoms. The molecule has 0 heterocycles. The van der Waals surface area contributed by atoms with Gasteiger partial charge in [0.15, 0.2) is 6.61 Å². The largest absolute Gasteiger partial charge is 0.452 e. The van der Waals surface area contributed by atoms with Crippen molar-refractivity contribution < 1.29 is 18.7 Å². The molecule has 0 unspecified atom stereocenters. The summed E-state index contributed by atoms with van der Waals surface area (Å²) in [6.07, 6.45) is 0. The highest BCUT2D eigenvalue weighted by atomic mass is 19.1. The highest BCUT2D eigenvalue weighted by Gasteiger charge is 2.17. The third kappa shape index (κ3) is 4.91. The molecule has 0 aliphatic carbocycles. The number of ether oxygens (including phenoxy) is 1. The van der Waals surface area contributed by atoms with Crippen LogP contribution in [0.2, 0.25) is 0 Å². The number of halogens is 1. The Hall–Kier alpha value is -2.69. The van der Waals surface area contributed by atoms with E-state index in [9.17, 15) is 14.0 Å². The van der Waals surface area contributed by atoms with E-state index in [1.54, 1.807) is 0 Å². The first-order valence-electron chi connectivity index (χ1n) is 8.65. The molecule has 26 heavy (non-hydrogen) atoms. The van der Waals surface area contributed by atoms with Crippen molar-refractivity contribution in [3.63, 3.8) is 0 Å². The molecule has 2 rings (SSSR count). The predicted molar refractivity (Wildman–Crippen MR) is 99.9 cm³/mol. The van der Waals surface area contributed by atoms with Gasteiger partial charge in [0.2, 0.25) is 0 Å². The van der Waals surface area contributed by atoms with Crippen LogP contribution in [0.15, 0.2) is 42.5 Å². The van der Waals surface area contributed by atoms with E-state index in [1.807, 2.05) is 18.2 Å². The number of hydrogen-bond acceptors (Lipinski definition) is 3. The Labute approximate surface area is 153 Å². The van der Waals surface area contributed by atoms with Crippen LogP contribution in [0.1, 0.15) is 61.0 Å². The number of rotatable bonds is 6. The Kier molecular flexibility index (Phi) is 6.50. The summed E-state index contributed by atoms with van der Waals surface area (Å²) in [4.78, 5) is 24.2. The Morgan fingerprint density at radius 3 is 2.12 bits per heavy atom. The summed E-state index contributed by atoms with van der Waals surface area (Å²) in [5, 5.41) is 2.87. The first-order chi connectivity index (χ1) is 12.3. The minimum Gasteiger partial charge on any atom is -0.452 e. The van der Waals surface area contributed by atoms with E-state index in [4.69, 9.17) is 4.74 Å². The number of hydrogen-bond donors (Lipinski definition) is 1. The summed E-state index contributed by atoms with van der Waals surface area (Å²) in [5.41, 5.74) is 2.90. The zero-order valence-electron chi connectivity index (χ0n) is 15.5. The third-order valence-electron chi connectivity index (χ3n) is 4.03. The number of esters is 1. The first-order valence-corrected chi connectivity index (χ1v) is 8.65. The van der Waals surface area contributed by atoms with Gasteiger partial charge >= 0.3 is 5.97 Å². The normalized spacial score (nSPS) is 10.9. The van der Waals surface area contributed by atoms with Crippen LogP contribution in [0, 0.1) is 5.82 Å². The van der Waals surface area contributed by atoms with Gasteiger partial charge in [-0.05, 0) is 41.2 Å². The van der Waals surface area contributed by atoms with Crippen molar-refractivity contribution in [2.75, 3.05) is 11.9 Å². The summed E-state index contributed by atoms with van der Waals surface area (Å²) < 4.78 is 18.2. The summed E-state index contributed by atoms with van der Waals surface area (Å²) in [6.45, 7) is 7.79. The van der Waals surface area contributed by atoms with Crippen LogP contribution in [-0.4, -0.2) is 18.5 Å². The maximum atomic E-state index is 13.2. The van der Waals surface area contributed by atoms with E-state index in [2.05, 4.69) is 33.0 Å². The standard InChI is InChI=1S/C21H24FNO3/c1-13(2)17-9-6-10-18(14(3)4)20(17)23-19(24)12-26-21(25)15-7-5-8-16(22)11-15/h5-11,13-14H,12H2,1-4H3,(H,23,24). The highest BCUT2D eigenvalue weighted by Crippen LogP contribution is 2.32. The maximum absolute atomic E-state index is 13.2. The van der Waals surface area contributed by atoms with Gasteiger partial charge in [-0.2, -0.15) is 0 Å². The molecule has 0 fully saturated rings. The molecular weight excluding hydrogens is 333 g/mol. The zero-order valence-corrected chi connectivity index (χ0v) is 15.5. The number of carbonyl (C=O) groups excluding carboxylic acids is 2. The lowest BCUT2D eigenvalue weighted by atomic mass is 9.92. The van der Waals surface area contributed by atoms with Crippen LogP contribution >= 0.6 is 0 Å². The summed E-state index contributed by atoms with van der Waals surface area (Å²) in [6, 6.07) is 11.1. The molecule has 138 valence electrons. The van der Waals surface area contributed by atoms with Crippen molar-refractivity contribution in [2.24, 2.45) is 0 Å². The molecule has 1 N–H and O–H groups in total. The molecule has 2 aromatic carbocycles. The van der Waals surface area contributed by atoms with Crippen molar-refractivity contribution in [3.8, 4) is 0 Å². The molecule has 0 saturated carbocycles. The van der Waals surface area contributed by atoms with E-state index in [0.29, 0.717) is 0 Å². The van der Waals surface area contributed by atoms with Gasteiger partial charge < -0.3 is 10.1 Å². The van der Waals surface area contributed by atoms with Gasteiger partial charge in [-0.1, -0.05) is 52.0 Å². The van der Waals surface area contributed by atoms with Crippen LogP contribution in [0.4, 0.5) is 10.1 Å². The third-order valence-corrected chi connectivity index (χ3v) is 4.03. The van der Waals surface area contributed by atoms with Crippen LogP contribution in [0.5, 0.6) is 0 Å². The average molecular weight is 357 g/mol. The molecule has 5 heteroatoms. The van der Waals surface area contributed by atoms with Crippen molar-refractivity contribution in [3.05, 3.63) is 65.0 Å². The topological polar surface area (TPSA) is 55.4 Å². The molecule has 4 nitrogen and oxygen atoms in total. The van der Waals surface area contributed by atoms with E-state index in [0.717, 1.165) is 22.9 Å². The lowest BCUT2D eigenvalue weighted by Crippen LogP contribution is -2.22. The highest BCUT2D eigenvalue weighted by molar-refractivity contribution is 5.96. The van der Waals surface area contributed by atoms with E-state index < -0.39 is 24.3 Å². The van der Waals surface area contributed by atoms with E-state index >= 15 is 0 Å². The SMILES string of the molecule is CC(C)c1cccc(C(C)C)c1NC(=O)COC(=O)c1cccc(F)c1. The fraction of sp³-hybridized carbons (Fsp3) is 0.333. The Balaban J connectivity index is 2.09. The van der Waals surface area contributed by atoms with Gasteiger partial charge in [-0.3, -0.25) is 4.79 Å². The molecule has 0 aliphatic rings. The molecular formula is C21H24FNO3. The van der Waals surface area contributed by atoms with Crippen LogP contribution < -0.4 is 5.32 Å². The second kappa shape index (κ2) is 8.61. The van der Waals surface area contributed by atoms with Crippen molar-refractivity contribution in [2.45, 2.75) is 39.5 Å². The molecule has 0 atom stereocenters. The van der Waals surface area contributed by atoms with Crippen molar-refractivity contribution >= 4 is 17.6 Å². The molecule has 2 aromatic rings. The van der Waals surface area contributed by atoms with Gasteiger partial charge in [0.05, 0.1) is 5.56 Å². The van der Waals surface area contributed by atoms with Gasteiger partial charge in [-0.25, -0.2) is 9.18 Å².